The first-order valence-corrected chi connectivity index (χ1v) is 7.57. The highest BCUT2D eigenvalue weighted by Crippen LogP contribution is 2.34. The molecule has 0 fully saturated rings. The minimum absolute atomic E-state index is 0.275. The Morgan fingerprint density at radius 2 is 1.90 bits per heavy atom. The van der Waals surface area contributed by atoms with Crippen molar-refractivity contribution in [3.8, 4) is 10.6 Å². The Morgan fingerprint density at radius 3 is 2.67 bits per heavy atom. The average molecular weight is 298 g/mol. The second-order valence-corrected chi connectivity index (χ2v) is 6.12. The zero-order valence-electron chi connectivity index (χ0n) is 11.7. The van der Waals surface area contributed by atoms with Gasteiger partial charge in [-0.05, 0) is 36.8 Å². The van der Waals surface area contributed by atoms with Crippen molar-refractivity contribution in [3.63, 3.8) is 0 Å². The fourth-order valence-electron chi connectivity index (χ4n) is 2.73. The fraction of sp³-hybridized carbons (Fsp3) is 0.118. The molecule has 0 radical (unpaired) electrons. The number of benzene rings is 2. The molecule has 0 aliphatic heterocycles. The van der Waals surface area contributed by atoms with E-state index in [0.29, 0.717) is 5.58 Å². The van der Waals surface area contributed by atoms with E-state index >= 15 is 0 Å². The highest BCUT2D eigenvalue weighted by atomic mass is 32.1. The monoisotopic (exact) mass is 298 g/mol. The smallest absolute Gasteiger partial charge is 0.269 e. The average Bonchev–Trinajstić information content (AvgIpc) is 3.00. The van der Waals surface area contributed by atoms with Crippen LogP contribution in [0.1, 0.15) is 5.56 Å². The SMILES string of the molecule is Cc1cc2c(cc1-c1scc[n+]1C)oc1cc(F)ccc12. The van der Waals surface area contributed by atoms with Gasteiger partial charge >= 0.3 is 0 Å². The van der Waals surface area contributed by atoms with Crippen LogP contribution >= 0.6 is 11.3 Å². The number of rotatable bonds is 1. The van der Waals surface area contributed by atoms with Gasteiger partial charge in [0, 0.05) is 16.8 Å². The van der Waals surface area contributed by atoms with E-state index in [4.69, 9.17) is 4.42 Å². The molecule has 2 nitrogen and oxygen atoms in total. The first-order chi connectivity index (χ1) is 10.1. The number of halogens is 1. The van der Waals surface area contributed by atoms with Crippen molar-refractivity contribution < 1.29 is 13.4 Å². The van der Waals surface area contributed by atoms with Crippen LogP contribution in [0.15, 0.2) is 46.3 Å². The molecule has 2 aromatic heterocycles. The zero-order chi connectivity index (χ0) is 14.6. The summed E-state index contributed by atoms with van der Waals surface area (Å²) in [5, 5.41) is 5.23. The number of aryl methyl sites for hydroxylation is 2. The van der Waals surface area contributed by atoms with E-state index in [9.17, 15) is 4.39 Å². The Bertz CT molecular complexity index is 983. The van der Waals surface area contributed by atoms with Gasteiger partial charge in [0.25, 0.3) is 5.01 Å². The Hall–Kier alpha value is -2.20. The van der Waals surface area contributed by atoms with Crippen LogP contribution < -0.4 is 4.57 Å². The molecular weight excluding hydrogens is 285 g/mol. The Balaban J connectivity index is 2.06. The topological polar surface area (TPSA) is 17.0 Å². The maximum atomic E-state index is 13.3. The van der Waals surface area contributed by atoms with Gasteiger partial charge in [-0.15, -0.1) is 0 Å². The van der Waals surface area contributed by atoms with Crippen molar-refractivity contribution in [1.29, 1.82) is 0 Å². The van der Waals surface area contributed by atoms with E-state index in [1.54, 1.807) is 17.4 Å². The molecule has 104 valence electrons. The first kappa shape index (κ1) is 12.5. The van der Waals surface area contributed by atoms with Crippen molar-refractivity contribution in [1.82, 2.24) is 0 Å². The third kappa shape index (κ3) is 1.87. The molecule has 0 saturated heterocycles. The normalized spacial score (nSPS) is 11.6. The van der Waals surface area contributed by atoms with Crippen molar-refractivity contribution in [3.05, 3.63) is 53.3 Å². The molecule has 0 saturated carbocycles. The number of furan rings is 1. The highest BCUT2D eigenvalue weighted by Gasteiger charge is 2.17. The van der Waals surface area contributed by atoms with Crippen LogP contribution in [-0.4, -0.2) is 0 Å². The summed E-state index contributed by atoms with van der Waals surface area (Å²) in [5.41, 5.74) is 3.73. The Morgan fingerprint density at radius 1 is 1.10 bits per heavy atom. The van der Waals surface area contributed by atoms with Gasteiger partial charge in [0.15, 0.2) is 6.20 Å². The molecule has 4 heteroatoms. The fourth-order valence-corrected chi connectivity index (χ4v) is 3.67. The third-order valence-electron chi connectivity index (χ3n) is 3.80. The van der Waals surface area contributed by atoms with Crippen LogP contribution in [0.4, 0.5) is 4.39 Å². The summed E-state index contributed by atoms with van der Waals surface area (Å²) in [6.45, 7) is 2.09. The van der Waals surface area contributed by atoms with Crippen LogP contribution in [0.2, 0.25) is 0 Å². The van der Waals surface area contributed by atoms with Crippen LogP contribution in [0.5, 0.6) is 0 Å². The predicted octanol–water partition coefficient (Wildman–Crippen LogP) is 4.59. The van der Waals surface area contributed by atoms with E-state index in [2.05, 4.69) is 29.0 Å². The minimum Gasteiger partial charge on any atom is -0.456 e. The summed E-state index contributed by atoms with van der Waals surface area (Å²) < 4.78 is 21.3. The number of nitrogens with zero attached hydrogens (tertiary/aromatic N) is 1. The molecule has 4 rings (SSSR count). The second kappa shape index (κ2) is 4.40. The van der Waals surface area contributed by atoms with Crippen molar-refractivity contribution >= 4 is 33.3 Å². The van der Waals surface area contributed by atoms with Crippen molar-refractivity contribution in [2.45, 2.75) is 6.92 Å². The summed E-state index contributed by atoms with van der Waals surface area (Å²) >= 11 is 1.70. The number of hydrogen-bond donors (Lipinski definition) is 0. The van der Waals surface area contributed by atoms with Crippen LogP contribution in [-0.2, 0) is 7.05 Å². The molecule has 0 unspecified atom stereocenters. The molecular formula is C17H13FNOS+. The lowest BCUT2D eigenvalue weighted by atomic mass is 10.0. The largest absolute Gasteiger partial charge is 0.456 e. The predicted molar refractivity (Wildman–Crippen MR) is 82.9 cm³/mol. The van der Waals surface area contributed by atoms with Gasteiger partial charge in [0.1, 0.15) is 24.0 Å². The van der Waals surface area contributed by atoms with Crippen molar-refractivity contribution in [2.75, 3.05) is 0 Å². The highest BCUT2D eigenvalue weighted by molar-refractivity contribution is 7.12. The summed E-state index contributed by atoms with van der Waals surface area (Å²) in [6, 6.07) is 8.86. The van der Waals surface area contributed by atoms with Gasteiger partial charge in [0.2, 0.25) is 0 Å². The molecule has 21 heavy (non-hydrogen) atoms. The number of aromatic nitrogens is 1. The molecule has 0 aliphatic carbocycles. The summed E-state index contributed by atoms with van der Waals surface area (Å²) in [6.07, 6.45) is 2.04. The minimum atomic E-state index is -0.275. The molecule has 0 atom stereocenters. The molecule has 2 aromatic carbocycles. The van der Waals surface area contributed by atoms with Gasteiger partial charge in [-0.3, -0.25) is 0 Å². The van der Waals surface area contributed by atoms with Gasteiger partial charge in [-0.1, -0.05) is 11.3 Å². The van der Waals surface area contributed by atoms with E-state index < -0.39 is 0 Å². The Kier molecular flexibility index (Phi) is 2.62. The van der Waals surface area contributed by atoms with Crippen LogP contribution in [0, 0.1) is 12.7 Å². The van der Waals surface area contributed by atoms with E-state index in [-0.39, 0.29) is 5.82 Å². The quantitative estimate of drug-likeness (QED) is 0.470. The Labute approximate surface area is 125 Å². The second-order valence-electron chi connectivity index (χ2n) is 5.22. The molecule has 0 amide bonds. The molecule has 0 spiro atoms. The first-order valence-electron chi connectivity index (χ1n) is 6.69. The number of fused-ring (bicyclic) bond motifs is 3. The molecule has 0 bridgehead atoms. The van der Waals surface area contributed by atoms with Gasteiger partial charge in [-0.2, -0.15) is 4.57 Å². The van der Waals surface area contributed by atoms with Crippen LogP contribution in [0.3, 0.4) is 0 Å². The maximum absolute atomic E-state index is 13.3. The third-order valence-corrected chi connectivity index (χ3v) is 4.78. The van der Waals surface area contributed by atoms with Gasteiger partial charge in [0.05, 0.1) is 10.9 Å². The maximum Gasteiger partial charge on any atom is 0.269 e. The van der Waals surface area contributed by atoms with E-state index in [1.807, 2.05) is 13.2 Å². The molecule has 4 aromatic rings. The molecule has 2 heterocycles. The van der Waals surface area contributed by atoms with Gasteiger partial charge in [-0.25, -0.2) is 4.39 Å². The summed E-state index contributed by atoms with van der Waals surface area (Å²) in [5.74, 6) is -0.275. The molecule has 0 N–H and O–H groups in total. The van der Waals surface area contributed by atoms with Crippen LogP contribution in [0.25, 0.3) is 32.5 Å². The van der Waals surface area contributed by atoms with Gasteiger partial charge < -0.3 is 4.42 Å². The van der Waals surface area contributed by atoms with E-state index in [0.717, 1.165) is 21.9 Å². The molecule has 0 aliphatic rings. The number of thiazole rings is 1. The van der Waals surface area contributed by atoms with Crippen molar-refractivity contribution in [2.24, 2.45) is 7.05 Å². The van der Waals surface area contributed by atoms with E-state index in [1.165, 1.54) is 22.7 Å². The standard InChI is InChI=1S/C17H13FNOS/c1-10-7-14-12-4-3-11(18)8-15(12)20-16(14)9-13(10)17-19(2)5-6-21-17/h3-9H,1-2H3/q+1. The summed E-state index contributed by atoms with van der Waals surface area (Å²) in [4.78, 5) is 0. The lowest BCUT2D eigenvalue weighted by Crippen LogP contribution is -2.26. The lowest BCUT2D eigenvalue weighted by molar-refractivity contribution is -0.655. The lowest BCUT2D eigenvalue weighted by Gasteiger charge is -2.01. The number of hydrogen-bond acceptors (Lipinski definition) is 2. The zero-order valence-corrected chi connectivity index (χ0v) is 12.5. The summed E-state index contributed by atoms with van der Waals surface area (Å²) in [7, 11) is 2.03.